The van der Waals surface area contributed by atoms with Crippen LogP contribution >= 0.6 is 11.6 Å². The lowest BCUT2D eigenvalue weighted by Crippen LogP contribution is -1.98. The number of benzene rings is 1. The van der Waals surface area contributed by atoms with Crippen LogP contribution in [0.5, 0.6) is 0 Å². The van der Waals surface area contributed by atoms with E-state index in [1.807, 2.05) is 0 Å². The van der Waals surface area contributed by atoms with Crippen LogP contribution in [0.25, 0.3) is 0 Å². The van der Waals surface area contributed by atoms with E-state index in [-0.39, 0.29) is 5.69 Å². The molecule has 1 aromatic heterocycles. The first-order valence-corrected chi connectivity index (χ1v) is 4.95. The number of halogens is 2. The number of nitrogens with one attached hydrogen (secondary N) is 1. The standard InChI is InChI=1S/C10H10ClFN4/c1-16-5-8(13)10(15-16)14-9-4-6(11)2-3-7(9)12/h2-5H,13H2,1H3,(H,14,15). The monoisotopic (exact) mass is 240 g/mol. The number of nitrogens with two attached hydrogens (primary N) is 1. The van der Waals surface area contributed by atoms with Crippen molar-refractivity contribution in [3.05, 3.63) is 35.2 Å². The van der Waals surface area contributed by atoms with Crippen molar-refractivity contribution in [2.24, 2.45) is 7.05 Å². The van der Waals surface area contributed by atoms with Gasteiger partial charge in [-0.15, -0.1) is 0 Å². The van der Waals surface area contributed by atoms with E-state index in [2.05, 4.69) is 10.4 Å². The van der Waals surface area contributed by atoms with Gasteiger partial charge >= 0.3 is 0 Å². The summed E-state index contributed by atoms with van der Waals surface area (Å²) in [7, 11) is 1.73. The molecule has 84 valence electrons. The van der Waals surface area contributed by atoms with Crippen molar-refractivity contribution in [1.29, 1.82) is 0 Å². The summed E-state index contributed by atoms with van der Waals surface area (Å²) in [6.45, 7) is 0. The van der Waals surface area contributed by atoms with E-state index in [1.54, 1.807) is 17.9 Å². The Hall–Kier alpha value is -1.75. The highest BCUT2D eigenvalue weighted by Gasteiger charge is 2.08. The fraction of sp³-hybridized carbons (Fsp3) is 0.100. The van der Waals surface area contributed by atoms with Gasteiger partial charge in [-0.25, -0.2) is 4.39 Å². The number of aryl methyl sites for hydroxylation is 1. The predicted molar refractivity (Wildman–Crippen MR) is 62.3 cm³/mol. The van der Waals surface area contributed by atoms with Gasteiger partial charge in [0.05, 0.1) is 11.4 Å². The second-order valence-electron chi connectivity index (χ2n) is 3.36. The Morgan fingerprint density at radius 3 is 2.88 bits per heavy atom. The van der Waals surface area contributed by atoms with Crippen molar-refractivity contribution < 1.29 is 4.39 Å². The van der Waals surface area contributed by atoms with Crippen molar-refractivity contribution in [2.45, 2.75) is 0 Å². The van der Waals surface area contributed by atoms with Gasteiger partial charge in [0, 0.05) is 18.3 Å². The van der Waals surface area contributed by atoms with Crippen LogP contribution in [0.15, 0.2) is 24.4 Å². The maximum Gasteiger partial charge on any atom is 0.175 e. The molecule has 0 radical (unpaired) electrons. The molecule has 16 heavy (non-hydrogen) atoms. The largest absolute Gasteiger partial charge is 0.394 e. The first-order chi connectivity index (χ1) is 7.56. The summed E-state index contributed by atoms with van der Waals surface area (Å²) in [6.07, 6.45) is 1.63. The number of rotatable bonds is 2. The van der Waals surface area contributed by atoms with Crippen molar-refractivity contribution in [2.75, 3.05) is 11.1 Å². The van der Waals surface area contributed by atoms with Crippen LogP contribution in [0.2, 0.25) is 5.02 Å². The Labute approximate surface area is 96.8 Å². The van der Waals surface area contributed by atoms with Gasteiger partial charge in [-0.05, 0) is 18.2 Å². The Bertz CT molecular complexity index is 524. The van der Waals surface area contributed by atoms with Gasteiger partial charge in [-0.1, -0.05) is 11.6 Å². The zero-order valence-electron chi connectivity index (χ0n) is 8.54. The topological polar surface area (TPSA) is 55.9 Å². The molecule has 0 aliphatic carbocycles. The summed E-state index contributed by atoms with van der Waals surface area (Å²) >= 11 is 5.76. The highest BCUT2D eigenvalue weighted by Crippen LogP contribution is 2.25. The molecule has 0 amide bonds. The van der Waals surface area contributed by atoms with E-state index < -0.39 is 5.82 Å². The minimum atomic E-state index is -0.408. The fourth-order valence-corrected chi connectivity index (χ4v) is 1.50. The number of nitrogens with zero attached hydrogens (tertiary/aromatic N) is 2. The van der Waals surface area contributed by atoms with Crippen LogP contribution in [0, 0.1) is 5.82 Å². The molecule has 0 atom stereocenters. The number of anilines is 3. The maximum atomic E-state index is 13.4. The molecule has 0 aliphatic rings. The van der Waals surface area contributed by atoms with Gasteiger partial charge in [-0.3, -0.25) is 4.68 Å². The molecule has 0 saturated heterocycles. The first-order valence-electron chi connectivity index (χ1n) is 4.57. The second kappa shape index (κ2) is 4.02. The summed E-state index contributed by atoms with van der Waals surface area (Å²) in [5.74, 6) is -0.00174. The van der Waals surface area contributed by atoms with Crippen LogP contribution in [0.4, 0.5) is 21.6 Å². The lowest BCUT2D eigenvalue weighted by Gasteiger charge is -2.05. The van der Waals surface area contributed by atoms with Gasteiger partial charge in [0.15, 0.2) is 5.82 Å². The Balaban J connectivity index is 2.33. The molecule has 1 heterocycles. The highest BCUT2D eigenvalue weighted by atomic mass is 35.5. The van der Waals surface area contributed by atoms with Crippen molar-refractivity contribution in [1.82, 2.24) is 9.78 Å². The van der Waals surface area contributed by atoms with Crippen LogP contribution in [-0.4, -0.2) is 9.78 Å². The lowest BCUT2D eigenvalue weighted by atomic mass is 10.3. The molecule has 3 N–H and O–H groups in total. The zero-order valence-corrected chi connectivity index (χ0v) is 9.29. The Morgan fingerprint density at radius 1 is 1.50 bits per heavy atom. The number of hydrogen-bond donors (Lipinski definition) is 2. The third kappa shape index (κ3) is 2.09. The molecule has 0 saturated carbocycles. The van der Waals surface area contributed by atoms with Crippen LogP contribution in [0.1, 0.15) is 0 Å². The SMILES string of the molecule is Cn1cc(N)c(Nc2cc(Cl)ccc2F)n1. The predicted octanol–water partition coefficient (Wildman–Crippen LogP) is 2.54. The van der Waals surface area contributed by atoms with Crippen molar-refractivity contribution in [3.63, 3.8) is 0 Å². The minimum Gasteiger partial charge on any atom is -0.394 e. The number of nitrogen functional groups attached to an aromatic ring is 1. The highest BCUT2D eigenvalue weighted by molar-refractivity contribution is 6.30. The van der Waals surface area contributed by atoms with Gasteiger partial charge in [0.25, 0.3) is 0 Å². The molecular formula is C10H10ClFN4. The molecule has 6 heteroatoms. The molecule has 0 fully saturated rings. The van der Waals surface area contributed by atoms with Crippen LogP contribution in [0.3, 0.4) is 0 Å². The van der Waals surface area contributed by atoms with E-state index in [9.17, 15) is 4.39 Å². The van der Waals surface area contributed by atoms with Crippen molar-refractivity contribution in [3.8, 4) is 0 Å². The molecule has 2 rings (SSSR count). The molecule has 4 nitrogen and oxygen atoms in total. The third-order valence-corrected chi connectivity index (χ3v) is 2.27. The van der Waals surface area contributed by atoms with Crippen molar-refractivity contribution >= 4 is 28.8 Å². The van der Waals surface area contributed by atoms with E-state index in [0.29, 0.717) is 16.5 Å². The molecule has 0 aliphatic heterocycles. The second-order valence-corrected chi connectivity index (χ2v) is 3.79. The molecule has 0 bridgehead atoms. The van der Waals surface area contributed by atoms with Gasteiger partial charge in [0.2, 0.25) is 0 Å². The molecule has 2 aromatic rings. The minimum absolute atomic E-state index is 0.248. The van der Waals surface area contributed by atoms with Crippen LogP contribution < -0.4 is 11.1 Å². The van der Waals surface area contributed by atoms with Gasteiger partial charge in [0.1, 0.15) is 5.82 Å². The Kier molecular flexibility index (Phi) is 2.70. The van der Waals surface area contributed by atoms with E-state index in [0.717, 1.165) is 0 Å². The smallest absolute Gasteiger partial charge is 0.175 e. The summed E-state index contributed by atoms with van der Waals surface area (Å²) in [6, 6.07) is 4.23. The fourth-order valence-electron chi connectivity index (χ4n) is 1.32. The Morgan fingerprint density at radius 2 is 2.25 bits per heavy atom. The quantitative estimate of drug-likeness (QED) is 0.848. The molecular weight excluding hydrogens is 231 g/mol. The molecule has 0 unspecified atom stereocenters. The average Bonchev–Trinajstić information content (AvgIpc) is 2.51. The normalized spacial score (nSPS) is 10.4. The van der Waals surface area contributed by atoms with Gasteiger partial charge in [-0.2, -0.15) is 5.10 Å². The maximum absolute atomic E-state index is 13.4. The summed E-state index contributed by atoms with van der Waals surface area (Å²) in [5, 5.41) is 7.28. The van der Waals surface area contributed by atoms with E-state index in [1.165, 1.54) is 18.2 Å². The van der Waals surface area contributed by atoms with Crippen LogP contribution in [-0.2, 0) is 7.05 Å². The number of aromatic nitrogens is 2. The summed E-state index contributed by atoms with van der Waals surface area (Å²) < 4.78 is 14.9. The van der Waals surface area contributed by atoms with E-state index >= 15 is 0 Å². The first kappa shape index (κ1) is 10.8. The molecule has 0 spiro atoms. The number of hydrogen-bond acceptors (Lipinski definition) is 3. The summed E-state index contributed by atoms with van der Waals surface area (Å²) in [5.41, 5.74) is 6.37. The zero-order chi connectivity index (χ0) is 11.7. The van der Waals surface area contributed by atoms with E-state index in [4.69, 9.17) is 17.3 Å². The summed E-state index contributed by atoms with van der Waals surface area (Å²) in [4.78, 5) is 0. The van der Waals surface area contributed by atoms with Gasteiger partial charge < -0.3 is 11.1 Å². The molecule has 1 aromatic carbocycles. The lowest BCUT2D eigenvalue weighted by molar-refractivity contribution is 0.631. The average molecular weight is 241 g/mol. The third-order valence-electron chi connectivity index (χ3n) is 2.04.